The topological polar surface area (TPSA) is 17.1 Å². The van der Waals surface area contributed by atoms with Crippen molar-refractivity contribution in [1.82, 2.24) is 0 Å². The van der Waals surface area contributed by atoms with Crippen LogP contribution in [0.4, 0.5) is 0 Å². The van der Waals surface area contributed by atoms with Gasteiger partial charge >= 0.3 is 0 Å². The molecule has 98 valence electrons. The third-order valence-corrected chi connectivity index (χ3v) is 4.26. The zero-order chi connectivity index (χ0) is 13.7. The van der Waals surface area contributed by atoms with Crippen molar-refractivity contribution in [3.63, 3.8) is 0 Å². The third kappa shape index (κ3) is 4.84. The number of aryl methyl sites for hydroxylation is 1. The summed E-state index contributed by atoms with van der Waals surface area (Å²) in [5, 5.41) is 0. The zero-order valence-electron chi connectivity index (χ0n) is 10.7. The van der Waals surface area contributed by atoms with Crippen LogP contribution in [-0.4, -0.2) is 11.5 Å². The Morgan fingerprint density at radius 3 is 2.58 bits per heavy atom. The molecule has 3 heteroatoms. The lowest BCUT2D eigenvalue weighted by Gasteiger charge is -2.03. The SMILES string of the molecule is Cc1ccc(CC(=O)CSc2cccc(Br)c2)cc1. The summed E-state index contributed by atoms with van der Waals surface area (Å²) < 4.78 is 1.04. The van der Waals surface area contributed by atoms with E-state index in [-0.39, 0.29) is 5.78 Å². The van der Waals surface area contributed by atoms with Crippen molar-refractivity contribution in [3.8, 4) is 0 Å². The van der Waals surface area contributed by atoms with E-state index in [1.54, 1.807) is 11.8 Å². The van der Waals surface area contributed by atoms with Gasteiger partial charge in [0.05, 0.1) is 5.75 Å². The summed E-state index contributed by atoms with van der Waals surface area (Å²) in [4.78, 5) is 13.0. The van der Waals surface area contributed by atoms with Gasteiger partial charge in [0.15, 0.2) is 0 Å². The summed E-state index contributed by atoms with van der Waals surface area (Å²) in [6.07, 6.45) is 0.515. The highest BCUT2D eigenvalue weighted by molar-refractivity contribution is 9.10. The molecule has 1 nitrogen and oxygen atoms in total. The van der Waals surface area contributed by atoms with Crippen LogP contribution in [0.5, 0.6) is 0 Å². The number of rotatable bonds is 5. The van der Waals surface area contributed by atoms with Gasteiger partial charge < -0.3 is 0 Å². The first-order valence-electron chi connectivity index (χ1n) is 6.09. The minimum absolute atomic E-state index is 0.258. The molecule has 2 aromatic carbocycles. The second-order valence-corrected chi connectivity index (χ2v) is 6.41. The number of benzene rings is 2. The van der Waals surface area contributed by atoms with Crippen LogP contribution in [0.15, 0.2) is 57.9 Å². The van der Waals surface area contributed by atoms with E-state index in [2.05, 4.69) is 22.9 Å². The number of carbonyl (C=O) groups is 1. The first kappa shape index (κ1) is 14.4. The van der Waals surface area contributed by atoms with Gasteiger partial charge in [0.25, 0.3) is 0 Å². The molecule has 2 rings (SSSR count). The Bertz CT molecular complexity index is 563. The van der Waals surface area contributed by atoms with Gasteiger partial charge in [-0.25, -0.2) is 0 Å². The molecule has 0 aliphatic rings. The standard InChI is InChI=1S/C16H15BrOS/c1-12-5-7-13(8-6-12)9-15(18)11-19-16-4-2-3-14(17)10-16/h2-8,10H,9,11H2,1H3. The van der Waals surface area contributed by atoms with E-state index in [9.17, 15) is 4.79 Å². The first-order chi connectivity index (χ1) is 9.13. The number of carbonyl (C=O) groups excluding carboxylic acids is 1. The molecule has 0 saturated carbocycles. The molecule has 19 heavy (non-hydrogen) atoms. The normalized spacial score (nSPS) is 10.4. The van der Waals surface area contributed by atoms with Crippen molar-refractivity contribution >= 4 is 33.5 Å². The van der Waals surface area contributed by atoms with Gasteiger partial charge in [-0.2, -0.15) is 0 Å². The summed E-state index contributed by atoms with van der Waals surface area (Å²) in [6.45, 7) is 2.05. The Hall–Kier alpha value is -1.06. The molecule has 0 radical (unpaired) electrons. The van der Waals surface area contributed by atoms with Gasteiger partial charge in [-0.15, -0.1) is 11.8 Å². The zero-order valence-corrected chi connectivity index (χ0v) is 13.1. The lowest BCUT2D eigenvalue weighted by molar-refractivity contribution is -0.116. The summed E-state index contributed by atoms with van der Waals surface area (Å²) in [5.74, 6) is 0.776. The Labute approximate surface area is 126 Å². The van der Waals surface area contributed by atoms with Gasteiger partial charge in [0.2, 0.25) is 0 Å². The second kappa shape index (κ2) is 6.92. The molecule has 0 fully saturated rings. The highest BCUT2D eigenvalue weighted by Gasteiger charge is 2.05. The number of hydrogen-bond acceptors (Lipinski definition) is 2. The van der Waals surface area contributed by atoms with E-state index in [0.29, 0.717) is 12.2 Å². The van der Waals surface area contributed by atoms with Crippen molar-refractivity contribution in [1.29, 1.82) is 0 Å². The van der Waals surface area contributed by atoms with Gasteiger partial charge in [0.1, 0.15) is 5.78 Å². The van der Waals surface area contributed by atoms with Crippen LogP contribution in [0.3, 0.4) is 0 Å². The third-order valence-electron chi connectivity index (χ3n) is 2.72. The van der Waals surface area contributed by atoms with Crippen LogP contribution >= 0.6 is 27.7 Å². The number of thioether (sulfide) groups is 1. The van der Waals surface area contributed by atoms with Crippen LogP contribution in [0.2, 0.25) is 0 Å². The van der Waals surface area contributed by atoms with E-state index in [4.69, 9.17) is 0 Å². The van der Waals surface area contributed by atoms with E-state index in [0.717, 1.165) is 14.9 Å². The summed E-state index contributed by atoms with van der Waals surface area (Å²) >= 11 is 5.02. The molecule has 0 N–H and O–H groups in total. The highest BCUT2D eigenvalue weighted by atomic mass is 79.9. The smallest absolute Gasteiger partial charge is 0.147 e. The fourth-order valence-electron chi connectivity index (χ4n) is 1.71. The summed E-state index contributed by atoms with van der Waals surface area (Å²) in [5.41, 5.74) is 2.31. The molecule has 0 atom stereocenters. The van der Waals surface area contributed by atoms with Gasteiger partial charge in [-0.3, -0.25) is 4.79 Å². The minimum atomic E-state index is 0.258. The fourth-order valence-corrected chi connectivity index (χ4v) is 3.07. The van der Waals surface area contributed by atoms with Crippen molar-refractivity contribution in [2.45, 2.75) is 18.2 Å². The van der Waals surface area contributed by atoms with Crippen molar-refractivity contribution in [2.24, 2.45) is 0 Å². The molecule has 0 spiro atoms. The Kier molecular flexibility index (Phi) is 5.23. The van der Waals surface area contributed by atoms with Crippen molar-refractivity contribution in [3.05, 3.63) is 64.1 Å². The molecular weight excluding hydrogens is 320 g/mol. The van der Waals surface area contributed by atoms with Crippen LogP contribution in [-0.2, 0) is 11.2 Å². The fraction of sp³-hybridized carbons (Fsp3) is 0.188. The average Bonchev–Trinajstić information content (AvgIpc) is 2.39. The Morgan fingerprint density at radius 1 is 1.16 bits per heavy atom. The maximum Gasteiger partial charge on any atom is 0.147 e. The number of ketones is 1. The number of halogens is 1. The molecule has 0 aromatic heterocycles. The maximum absolute atomic E-state index is 11.9. The number of hydrogen-bond donors (Lipinski definition) is 0. The predicted molar refractivity (Wildman–Crippen MR) is 84.8 cm³/mol. The van der Waals surface area contributed by atoms with E-state index in [1.165, 1.54) is 5.56 Å². The quantitative estimate of drug-likeness (QED) is 0.739. The van der Waals surface area contributed by atoms with Crippen LogP contribution < -0.4 is 0 Å². The first-order valence-corrected chi connectivity index (χ1v) is 7.87. The Balaban J connectivity index is 1.86. The molecule has 0 bridgehead atoms. The second-order valence-electron chi connectivity index (χ2n) is 4.45. The summed E-state index contributed by atoms with van der Waals surface area (Å²) in [7, 11) is 0. The Morgan fingerprint density at radius 2 is 1.89 bits per heavy atom. The van der Waals surface area contributed by atoms with Crippen molar-refractivity contribution < 1.29 is 4.79 Å². The molecular formula is C16H15BrOS. The van der Waals surface area contributed by atoms with Gasteiger partial charge in [-0.05, 0) is 30.7 Å². The van der Waals surface area contributed by atoms with Crippen LogP contribution in [0, 0.1) is 6.92 Å². The lowest BCUT2D eigenvalue weighted by Crippen LogP contribution is -2.05. The molecule has 0 unspecified atom stereocenters. The monoisotopic (exact) mass is 334 g/mol. The van der Waals surface area contributed by atoms with Crippen LogP contribution in [0.1, 0.15) is 11.1 Å². The van der Waals surface area contributed by atoms with E-state index in [1.807, 2.05) is 48.5 Å². The van der Waals surface area contributed by atoms with E-state index >= 15 is 0 Å². The molecule has 0 heterocycles. The van der Waals surface area contributed by atoms with Crippen LogP contribution in [0.25, 0.3) is 0 Å². The predicted octanol–water partition coefficient (Wildman–Crippen LogP) is 4.66. The minimum Gasteiger partial charge on any atom is -0.298 e. The average molecular weight is 335 g/mol. The van der Waals surface area contributed by atoms with Gasteiger partial charge in [-0.1, -0.05) is 51.8 Å². The maximum atomic E-state index is 11.9. The largest absolute Gasteiger partial charge is 0.298 e. The molecule has 0 aliphatic heterocycles. The number of Topliss-reactive ketones (excluding diaryl/α,β-unsaturated/α-hetero) is 1. The molecule has 0 aliphatic carbocycles. The molecule has 2 aromatic rings. The summed E-state index contributed by atoms with van der Waals surface area (Å²) in [6, 6.07) is 16.2. The van der Waals surface area contributed by atoms with Gasteiger partial charge in [0, 0.05) is 15.8 Å². The highest BCUT2D eigenvalue weighted by Crippen LogP contribution is 2.22. The molecule has 0 saturated heterocycles. The molecule has 0 amide bonds. The van der Waals surface area contributed by atoms with Crippen molar-refractivity contribution in [2.75, 3.05) is 5.75 Å². The van der Waals surface area contributed by atoms with E-state index < -0.39 is 0 Å². The lowest BCUT2D eigenvalue weighted by atomic mass is 10.1.